The van der Waals surface area contributed by atoms with Gasteiger partial charge in [-0.25, -0.2) is 9.37 Å². The first-order valence-corrected chi connectivity index (χ1v) is 17.4. The number of aromatic nitrogens is 2. The first kappa shape index (κ1) is 35.2. The molecule has 8 nitrogen and oxygen atoms in total. The molecule has 1 heterocycles. The Morgan fingerprint density at radius 1 is 0.870 bits per heavy atom. The van der Waals surface area contributed by atoms with Crippen LogP contribution in [0.4, 0.5) is 10.1 Å². The zero-order valence-electron chi connectivity index (χ0n) is 29.4. The number of nitrogens with two attached hydrogens (primary N) is 1. The minimum atomic E-state index is -1.13. The number of primary amides is 1. The van der Waals surface area contributed by atoms with Crippen molar-refractivity contribution in [2.75, 3.05) is 11.9 Å². The molecule has 9 heteroatoms. The third-order valence-corrected chi connectivity index (χ3v) is 9.40. The van der Waals surface area contributed by atoms with Gasteiger partial charge in [0.1, 0.15) is 23.2 Å². The molecule has 0 spiro atoms. The molecule has 7 rings (SSSR count). The third-order valence-electron chi connectivity index (χ3n) is 9.40. The van der Waals surface area contributed by atoms with Crippen molar-refractivity contribution in [2.45, 2.75) is 18.5 Å². The van der Waals surface area contributed by atoms with E-state index in [0.29, 0.717) is 28.3 Å². The molecule has 4 N–H and O–H groups in total. The standard InChI is InChI=1S/C45H36FN5O3/c1-2-54-35-26-38(41(46)40(52)27-35)42(49-34-24-22-30(28-47)23-25-34)44-50-39(36-20-12-13-21-37(36)43(48)53)29-51(44)45(31-14-6-3-7-15-31,32-16-8-4-9-17-32)33-18-10-5-11-19-33/h3-27,29,42,49,52H,2H2,1H3,(H2,48,53). The molecule has 1 aromatic heterocycles. The maximum atomic E-state index is 16.6. The second kappa shape index (κ2) is 15.2. The number of phenols is 1. The Labute approximate surface area is 312 Å². The van der Waals surface area contributed by atoms with Gasteiger partial charge in [-0.05, 0) is 60.0 Å². The summed E-state index contributed by atoms with van der Waals surface area (Å²) in [5.41, 5.74) is 9.60. The second-order valence-corrected chi connectivity index (χ2v) is 12.6. The lowest BCUT2D eigenvalue weighted by molar-refractivity contribution is 0.100. The number of hydrogen-bond acceptors (Lipinski definition) is 6. The Hall–Kier alpha value is -7.18. The van der Waals surface area contributed by atoms with Crippen LogP contribution in [0.15, 0.2) is 158 Å². The molecule has 0 aliphatic carbocycles. The quantitative estimate of drug-likeness (QED) is 0.109. The van der Waals surface area contributed by atoms with E-state index in [-0.39, 0.29) is 23.5 Å². The highest BCUT2D eigenvalue weighted by Gasteiger charge is 2.42. The van der Waals surface area contributed by atoms with E-state index in [1.165, 1.54) is 6.07 Å². The number of phenolic OH excluding ortho intramolecular Hbond substituents is 1. The number of nitrogens with zero attached hydrogens (tertiary/aromatic N) is 3. The Morgan fingerprint density at radius 3 is 1.96 bits per heavy atom. The number of benzene rings is 6. The smallest absolute Gasteiger partial charge is 0.249 e. The number of nitriles is 1. The second-order valence-electron chi connectivity index (χ2n) is 12.6. The lowest BCUT2D eigenvalue weighted by atomic mass is 9.76. The number of hydrogen-bond donors (Lipinski definition) is 3. The summed E-state index contributed by atoms with van der Waals surface area (Å²) in [5, 5.41) is 24.0. The molecule has 0 aliphatic heterocycles. The first-order chi connectivity index (χ1) is 26.3. The van der Waals surface area contributed by atoms with Crippen LogP contribution in [-0.2, 0) is 5.54 Å². The van der Waals surface area contributed by atoms with Gasteiger partial charge in [0.15, 0.2) is 11.6 Å². The van der Waals surface area contributed by atoms with Crippen molar-refractivity contribution in [3.8, 4) is 28.8 Å². The van der Waals surface area contributed by atoms with Gasteiger partial charge in [0.25, 0.3) is 0 Å². The molecule has 266 valence electrons. The number of carbonyl (C=O) groups is 1. The topological polar surface area (TPSA) is 126 Å². The number of anilines is 1. The monoisotopic (exact) mass is 713 g/mol. The molecule has 7 aromatic rings. The van der Waals surface area contributed by atoms with Crippen molar-refractivity contribution >= 4 is 11.6 Å². The summed E-state index contributed by atoms with van der Waals surface area (Å²) < 4.78 is 24.4. The van der Waals surface area contributed by atoms with Crippen LogP contribution in [0, 0.1) is 17.1 Å². The van der Waals surface area contributed by atoms with E-state index >= 15 is 4.39 Å². The summed E-state index contributed by atoms with van der Waals surface area (Å²) in [4.78, 5) is 18.1. The number of amides is 1. The van der Waals surface area contributed by atoms with Gasteiger partial charge in [-0.15, -0.1) is 0 Å². The Kier molecular flexibility index (Phi) is 9.92. The number of carbonyl (C=O) groups excluding carboxylic acids is 1. The average molecular weight is 714 g/mol. The Morgan fingerprint density at radius 2 is 1.43 bits per heavy atom. The van der Waals surface area contributed by atoms with Crippen molar-refractivity contribution in [3.63, 3.8) is 0 Å². The van der Waals surface area contributed by atoms with E-state index in [0.717, 1.165) is 16.7 Å². The number of rotatable bonds is 12. The van der Waals surface area contributed by atoms with Gasteiger partial charge in [-0.3, -0.25) is 4.79 Å². The summed E-state index contributed by atoms with van der Waals surface area (Å²) in [6, 6.07) is 47.4. The Bertz CT molecular complexity index is 2350. The van der Waals surface area contributed by atoms with Crippen LogP contribution in [0.25, 0.3) is 11.3 Å². The number of ether oxygens (including phenoxy) is 1. The van der Waals surface area contributed by atoms with Gasteiger partial charge in [0.2, 0.25) is 5.91 Å². The molecule has 1 atom stereocenters. The van der Waals surface area contributed by atoms with Gasteiger partial charge in [-0.1, -0.05) is 109 Å². The molecule has 0 saturated heterocycles. The fourth-order valence-corrected chi connectivity index (χ4v) is 7.03. The van der Waals surface area contributed by atoms with Crippen LogP contribution in [0.5, 0.6) is 11.5 Å². The molecule has 6 aromatic carbocycles. The lowest BCUT2D eigenvalue weighted by Gasteiger charge is -2.39. The first-order valence-electron chi connectivity index (χ1n) is 17.4. The summed E-state index contributed by atoms with van der Waals surface area (Å²) in [6.45, 7) is 2.08. The van der Waals surface area contributed by atoms with Crippen molar-refractivity contribution in [1.29, 1.82) is 5.26 Å². The van der Waals surface area contributed by atoms with E-state index in [9.17, 15) is 15.2 Å². The molecule has 1 unspecified atom stereocenters. The van der Waals surface area contributed by atoms with Crippen molar-refractivity contribution in [1.82, 2.24) is 9.55 Å². The molecular formula is C45H36FN5O3. The third kappa shape index (κ3) is 6.53. The molecule has 54 heavy (non-hydrogen) atoms. The lowest BCUT2D eigenvalue weighted by Crippen LogP contribution is -2.39. The molecular weight excluding hydrogens is 678 g/mol. The van der Waals surface area contributed by atoms with E-state index in [4.69, 9.17) is 15.5 Å². The van der Waals surface area contributed by atoms with Crippen LogP contribution in [0.3, 0.4) is 0 Å². The zero-order chi connectivity index (χ0) is 37.7. The van der Waals surface area contributed by atoms with Gasteiger partial charge >= 0.3 is 0 Å². The highest BCUT2D eigenvalue weighted by Crippen LogP contribution is 2.46. The highest BCUT2D eigenvalue weighted by molar-refractivity contribution is 5.99. The minimum Gasteiger partial charge on any atom is -0.505 e. The maximum Gasteiger partial charge on any atom is 0.249 e. The van der Waals surface area contributed by atoms with E-state index < -0.39 is 29.1 Å². The van der Waals surface area contributed by atoms with Crippen LogP contribution in [0.1, 0.15) is 57.0 Å². The number of aromatic hydroxyl groups is 1. The van der Waals surface area contributed by atoms with Crippen molar-refractivity contribution in [2.24, 2.45) is 5.73 Å². The minimum absolute atomic E-state index is 0.0486. The molecule has 0 fully saturated rings. The predicted molar refractivity (Wildman–Crippen MR) is 207 cm³/mol. The summed E-state index contributed by atoms with van der Waals surface area (Å²) in [7, 11) is 0. The van der Waals surface area contributed by atoms with Crippen LogP contribution in [-0.4, -0.2) is 27.2 Å². The summed E-state index contributed by atoms with van der Waals surface area (Å²) >= 11 is 0. The van der Waals surface area contributed by atoms with Crippen LogP contribution >= 0.6 is 0 Å². The van der Waals surface area contributed by atoms with E-state index in [1.807, 2.05) is 102 Å². The number of nitrogens with one attached hydrogen (secondary N) is 1. The van der Waals surface area contributed by atoms with E-state index in [2.05, 4.69) is 11.4 Å². The molecule has 0 saturated carbocycles. The normalized spacial score (nSPS) is 11.7. The fourth-order valence-electron chi connectivity index (χ4n) is 7.03. The fraction of sp³-hybridized carbons (Fsp3) is 0.0889. The SMILES string of the molecule is CCOc1cc(O)c(F)c(C(Nc2ccc(C#N)cc2)c2nc(-c3ccccc3C(N)=O)cn2C(c2ccccc2)(c2ccccc2)c2ccccc2)c1. The Balaban J connectivity index is 1.64. The molecule has 0 bridgehead atoms. The number of imidazole rings is 1. The maximum absolute atomic E-state index is 16.6. The average Bonchev–Trinajstić information content (AvgIpc) is 3.65. The summed E-state index contributed by atoms with van der Waals surface area (Å²) in [5.74, 6) is -1.51. The zero-order valence-corrected chi connectivity index (χ0v) is 29.4. The van der Waals surface area contributed by atoms with Gasteiger partial charge in [-0.2, -0.15) is 5.26 Å². The number of halogens is 1. The van der Waals surface area contributed by atoms with E-state index in [1.54, 1.807) is 61.5 Å². The predicted octanol–water partition coefficient (Wildman–Crippen LogP) is 8.81. The van der Waals surface area contributed by atoms with Gasteiger partial charge in [0.05, 0.1) is 23.9 Å². The van der Waals surface area contributed by atoms with Crippen LogP contribution < -0.4 is 15.8 Å². The van der Waals surface area contributed by atoms with Gasteiger partial charge in [0, 0.05) is 34.6 Å². The highest BCUT2D eigenvalue weighted by atomic mass is 19.1. The molecule has 0 aliphatic rings. The van der Waals surface area contributed by atoms with Gasteiger partial charge < -0.3 is 25.5 Å². The molecule has 1 amide bonds. The largest absolute Gasteiger partial charge is 0.505 e. The molecule has 0 radical (unpaired) electrons. The van der Waals surface area contributed by atoms with Crippen molar-refractivity contribution < 1.29 is 19.0 Å². The van der Waals surface area contributed by atoms with Crippen LogP contribution in [0.2, 0.25) is 0 Å². The van der Waals surface area contributed by atoms with Crippen molar-refractivity contribution in [3.05, 3.63) is 203 Å². The summed E-state index contributed by atoms with van der Waals surface area (Å²) in [6.07, 6.45) is 1.86.